The number of aliphatic hydroxyl groups is 1. The molecule has 0 aromatic heterocycles. The molecule has 216 valence electrons. The average molecular weight is 557 g/mol. The average Bonchev–Trinajstić information content (AvgIpc) is 3.31. The van der Waals surface area contributed by atoms with Gasteiger partial charge in [-0.2, -0.15) is 0 Å². The van der Waals surface area contributed by atoms with E-state index in [1.165, 1.54) is 26.0 Å². The van der Waals surface area contributed by atoms with Crippen molar-refractivity contribution in [1.82, 2.24) is 0 Å². The number of ether oxygens (including phenoxy) is 6. The maximum Gasteiger partial charge on any atom is 0.184 e. The van der Waals surface area contributed by atoms with Gasteiger partial charge in [-0.3, -0.25) is 0 Å². The summed E-state index contributed by atoms with van der Waals surface area (Å²) in [6, 6.07) is 4.68. The van der Waals surface area contributed by atoms with Crippen LogP contribution in [0, 0.1) is 0 Å². The summed E-state index contributed by atoms with van der Waals surface area (Å²) in [7, 11) is 2.83. The second kappa shape index (κ2) is 18.7. The Bertz CT molecular complexity index is 1010. The molecule has 0 radical (unpaired) electrons. The molecule has 2 aliphatic rings. The van der Waals surface area contributed by atoms with Crippen LogP contribution in [-0.2, 0) is 28.8 Å². The van der Waals surface area contributed by atoms with Gasteiger partial charge in [0.15, 0.2) is 32.9 Å². The van der Waals surface area contributed by atoms with Gasteiger partial charge < -0.3 is 33.5 Å². The Morgan fingerprint density at radius 2 is 1.87 bits per heavy atom. The maximum atomic E-state index is 12.0. The number of benzene rings is 1. The lowest BCUT2D eigenvalue weighted by molar-refractivity contribution is 0.125. The predicted octanol–water partition coefficient (Wildman–Crippen LogP) is 4.46. The van der Waals surface area contributed by atoms with E-state index in [4.69, 9.17) is 33.5 Å². The van der Waals surface area contributed by atoms with Crippen LogP contribution in [0.25, 0.3) is 0 Å². The van der Waals surface area contributed by atoms with Crippen LogP contribution in [0.2, 0.25) is 0 Å². The zero-order valence-electron chi connectivity index (χ0n) is 23.5. The fourth-order valence-corrected chi connectivity index (χ4v) is 4.79. The maximum absolute atomic E-state index is 12.0. The fourth-order valence-electron chi connectivity index (χ4n) is 3.60. The first-order chi connectivity index (χ1) is 18.3. The molecule has 1 aromatic carbocycles. The number of aliphatic hydroxyl groups excluding tert-OH is 1. The summed E-state index contributed by atoms with van der Waals surface area (Å²) in [6.45, 7) is 5.55. The molecule has 1 aliphatic heterocycles. The van der Waals surface area contributed by atoms with Gasteiger partial charge in [0, 0.05) is 19.3 Å². The van der Waals surface area contributed by atoms with E-state index in [-0.39, 0.29) is 16.4 Å². The molecule has 0 saturated carbocycles. The predicted molar refractivity (Wildman–Crippen MR) is 147 cm³/mol. The molecule has 1 saturated heterocycles. The zero-order chi connectivity index (χ0) is 28.4. The third kappa shape index (κ3) is 11.1. The molecule has 0 amide bonds. The van der Waals surface area contributed by atoms with Crippen molar-refractivity contribution in [3.8, 4) is 11.5 Å². The number of sulfone groups is 1. The molecule has 0 bridgehead atoms. The highest BCUT2D eigenvalue weighted by Crippen LogP contribution is 2.34. The van der Waals surface area contributed by atoms with Gasteiger partial charge >= 0.3 is 0 Å². The first-order valence-corrected chi connectivity index (χ1v) is 14.4. The van der Waals surface area contributed by atoms with Crippen LogP contribution in [0.3, 0.4) is 0 Å². The fraction of sp³-hybridized carbons (Fsp3) is 0.571. The molecule has 3 rings (SSSR count). The minimum atomic E-state index is -3.56. The molecule has 1 N–H and O–H groups in total. The quantitative estimate of drug-likeness (QED) is 0.422. The largest absolute Gasteiger partial charge is 0.493 e. The number of hydrogen-bond acceptors (Lipinski definition) is 9. The van der Waals surface area contributed by atoms with Gasteiger partial charge in [-0.05, 0) is 50.8 Å². The molecule has 1 aromatic rings. The third-order valence-corrected chi connectivity index (χ3v) is 7.19. The number of rotatable bonds is 11. The van der Waals surface area contributed by atoms with E-state index in [2.05, 4.69) is 13.0 Å². The second-order valence-electron chi connectivity index (χ2n) is 8.40. The van der Waals surface area contributed by atoms with E-state index < -0.39 is 16.4 Å². The summed E-state index contributed by atoms with van der Waals surface area (Å²) in [6.07, 6.45) is 10.7. The van der Waals surface area contributed by atoms with Gasteiger partial charge in [-0.1, -0.05) is 25.1 Å². The Labute approximate surface area is 227 Å². The third-order valence-electron chi connectivity index (χ3n) is 5.47. The van der Waals surface area contributed by atoms with Crippen molar-refractivity contribution in [2.45, 2.75) is 50.5 Å². The molecule has 1 atom stereocenters. The Morgan fingerprint density at radius 3 is 2.37 bits per heavy atom. The number of allylic oxidation sites excluding steroid dienone is 3. The molecule has 1 fully saturated rings. The van der Waals surface area contributed by atoms with Crippen molar-refractivity contribution in [2.75, 3.05) is 60.6 Å². The highest BCUT2D eigenvalue weighted by Gasteiger charge is 2.22. The van der Waals surface area contributed by atoms with E-state index in [0.29, 0.717) is 25.1 Å². The number of hydrogen-bond donors (Lipinski definition) is 1. The van der Waals surface area contributed by atoms with Crippen molar-refractivity contribution in [1.29, 1.82) is 0 Å². The zero-order valence-corrected chi connectivity index (χ0v) is 24.3. The molecular weight excluding hydrogens is 512 g/mol. The van der Waals surface area contributed by atoms with Crippen LogP contribution in [0.15, 0.2) is 58.4 Å². The summed E-state index contributed by atoms with van der Waals surface area (Å²) in [5.41, 5.74) is 1.02. The minimum Gasteiger partial charge on any atom is -0.493 e. The first-order valence-electron chi connectivity index (χ1n) is 12.7. The lowest BCUT2D eigenvalue weighted by Crippen LogP contribution is -2.12. The highest BCUT2D eigenvalue weighted by molar-refractivity contribution is 7.91. The summed E-state index contributed by atoms with van der Waals surface area (Å²) >= 11 is 0. The minimum absolute atomic E-state index is 0.0596. The van der Waals surface area contributed by atoms with Crippen LogP contribution >= 0.6 is 0 Å². The molecule has 0 spiro atoms. The van der Waals surface area contributed by atoms with Crippen molar-refractivity contribution in [3.63, 3.8) is 0 Å². The van der Waals surface area contributed by atoms with Gasteiger partial charge in [0.2, 0.25) is 0 Å². The van der Waals surface area contributed by atoms with Gasteiger partial charge in [0.1, 0.15) is 4.90 Å². The standard InChI is InChI=1S/C12H18O5S.C11H16O3.C5H10O/c1-3-8-17-12-10(16-2)5-4-6-11(12)18(14,15)9-7-13;1-12-8-9-6-4-5-7-10(13-2)11(9)14-3;1-5-3-2-4-6-5/h4-6,13H,3,7-9H2,1-2H3;5-7H,4,8H2,1-3H3;5H,2-4H2,1H3. The van der Waals surface area contributed by atoms with Crippen molar-refractivity contribution < 1.29 is 41.9 Å². The van der Waals surface area contributed by atoms with E-state index in [9.17, 15) is 8.42 Å². The molecule has 10 heteroatoms. The van der Waals surface area contributed by atoms with E-state index in [1.54, 1.807) is 33.5 Å². The highest BCUT2D eigenvalue weighted by atomic mass is 32.2. The van der Waals surface area contributed by atoms with Crippen LogP contribution in [0.1, 0.15) is 39.5 Å². The normalized spacial score (nSPS) is 16.8. The van der Waals surface area contributed by atoms with Crippen molar-refractivity contribution >= 4 is 9.84 Å². The Hall–Kier alpha value is -2.53. The van der Waals surface area contributed by atoms with E-state index in [0.717, 1.165) is 36.5 Å². The second-order valence-corrected chi connectivity index (χ2v) is 10.5. The number of methoxy groups -OCH3 is 4. The molecule has 38 heavy (non-hydrogen) atoms. The van der Waals surface area contributed by atoms with Gasteiger partial charge in [-0.25, -0.2) is 8.42 Å². The monoisotopic (exact) mass is 556 g/mol. The molecule has 1 unspecified atom stereocenters. The molecular formula is C28H44O9S. The summed E-state index contributed by atoms with van der Waals surface area (Å²) in [5, 5.41) is 8.81. The first kappa shape index (κ1) is 33.5. The summed E-state index contributed by atoms with van der Waals surface area (Å²) in [5.74, 6) is 1.76. The van der Waals surface area contributed by atoms with Crippen LogP contribution in [0.5, 0.6) is 11.5 Å². The van der Waals surface area contributed by atoms with E-state index in [1.807, 2.05) is 19.1 Å². The summed E-state index contributed by atoms with van der Waals surface area (Å²) in [4.78, 5) is 0.0596. The van der Waals surface area contributed by atoms with E-state index >= 15 is 0 Å². The Morgan fingerprint density at radius 1 is 1.11 bits per heavy atom. The van der Waals surface area contributed by atoms with Crippen molar-refractivity contribution in [3.05, 3.63) is 53.5 Å². The van der Waals surface area contributed by atoms with Gasteiger partial charge in [0.25, 0.3) is 0 Å². The molecule has 1 heterocycles. The summed E-state index contributed by atoms with van der Waals surface area (Å²) < 4.78 is 55.3. The van der Waals surface area contributed by atoms with Crippen molar-refractivity contribution in [2.24, 2.45) is 0 Å². The smallest absolute Gasteiger partial charge is 0.184 e. The van der Waals surface area contributed by atoms with Crippen LogP contribution in [-0.4, -0.2) is 80.2 Å². The van der Waals surface area contributed by atoms with Gasteiger partial charge in [-0.15, -0.1) is 0 Å². The molecule has 9 nitrogen and oxygen atoms in total. The Balaban J connectivity index is 0.000000317. The Kier molecular flexibility index (Phi) is 16.5. The SMILES string of the molecule is CC1CCCO1.CCCOc1c(OC)cccc1S(=O)(=O)CCO.COCC1=CCC=CC(OC)=C1OC. The van der Waals surface area contributed by atoms with Crippen LogP contribution < -0.4 is 9.47 Å². The number of para-hydroxylation sites is 1. The lowest BCUT2D eigenvalue weighted by Gasteiger charge is -2.14. The lowest BCUT2D eigenvalue weighted by atomic mass is 10.2. The molecule has 1 aliphatic carbocycles. The topological polar surface area (TPSA) is 110 Å². The van der Waals surface area contributed by atoms with Crippen LogP contribution in [0.4, 0.5) is 0 Å². The van der Waals surface area contributed by atoms with Gasteiger partial charge in [0.05, 0.1) is 53.0 Å².